The number of hydrogen-bond acceptors (Lipinski definition) is 5. The maximum atomic E-state index is 13.0. The number of amides is 1. The Morgan fingerprint density at radius 2 is 1.88 bits per heavy atom. The van der Waals surface area contributed by atoms with Crippen molar-refractivity contribution in [2.75, 3.05) is 11.1 Å². The highest BCUT2D eigenvalue weighted by Gasteiger charge is 2.11. The molecular weight excluding hydrogens is 427 g/mol. The van der Waals surface area contributed by atoms with E-state index in [4.69, 9.17) is 4.74 Å². The van der Waals surface area contributed by atoms with Crippen molar-refractivity contribution in [2.24, 2.45) is 0 Å². The van der Waals surface area contributed by atoms with E-state index in [-0.39, 0.29) is 17.5 Å². The van der Waals surface area contributed by atoms with Gasteiger partial charge in [-0.05, 0) is 48.9 Å². The van der Waals surface area contributed by atoms with Gasteiger partial charge < -0.3 is 10.1 Å². The fourth-order valence-corrected chi connectivity index (χ4v) is 3.67. The molecule has 0 spiro atoms. The van der Waals surface area contributed by atoms with E-state index >= 15 is 0 Å². The van der Waals surface area contributed by atoms with Crippen molar-refractivity contribution >= 4 is 23.4 Å². The molecule has 0 radical (unpaired) electrons. The predicted molar refractivity (Wildman–Crippen MR) is 123 cm³/mol. The quantitative estimate of drug-likeness (QED) is 0.383. The molecule has 0 saturated carbocycles. The summed E-state index contributed by atoms with van der Waals surface area (Å²) in [4.78, 5) is 12.5. The molecule has 0 aliphatic heterocycles. The van der Waals surface area contributed by atoms with Crippen molar-refractivity contribution in [1.29, 1.82) is 0 Å². The Labute approximate surface area is 189 Å². The molecule has 0 aliphatic carbocycles. The molecule has 4 rings (SSSR count). The number of ether oxygens (including phenoxy) is 1. The number of anilines is 1. The number of carbonyl (C=O) groups is 1. The van der Waals surface area contributed by atoms with Crippen LogP contribution in [-0.4, -0.2) is 26.4 Å². The molecule has 1 heterocycles. The van der Waals surface area contributed by atoms with Gasteiger partial charge in [0.05, 0.1) is 5.75 Å². The molecule has 3 aromatic carbocycles. The number of aromatic nitrogens is 3. The fourth-order valence-electron chi connectivity index (χ4n) is 2.94. The highest BCUT2D eigenvalue weighted by atomic mass is 32.2. The Morgan fingerprint density at radius 3 is 2.66 bits per heavy atom. The Balaban J connectivity index is 1.32. The van der Waals surface area contributed by atoms with E-state index in [1.54, 1.807) is 42.7 Å². The second kappa shape index (κ2) is 10.1. The Hall–Kier alpha value is -3.65. The van der Waals surface area contributed by atoms with Crippen molar-refractivity contribution in [3.63, 3.8) is 0 Å². The van der Waals surface area contributed by atoms with Gasteiger partial charge in [0.25, 0.3) is 0 Å². The van der Waals surface area contributed by atoms with Crippen LogP contribution in [0, 0.1) is 12.7 Å². The molecule has 8 heteroatoms. The summed E-state index contributed by atoms with van der Waals surface area (Å²) in [6.07, 6.45) is 1.63. The van der Waals surface area contributed by atoms with Crippen LogP contribution in [0.4, 0.5) is 10.1 Å². The molecular formula is C24H21FN4O2S. The normalized spacial score (nSPS) is 10.7. The molecule has 6 nitrogen and oxygen atoms in total. The Kier molecular flexibility index (Phi) is 6.81. The van der Waals surface area contributed by atoms with E-state index in [1.807, 2.05) is 35.8 Å². The van der Waals surface area contributed by atoms with Crippen LogP contribution in [0.3, 0.4) is 0 Å². The predicted octanol–water partition coefficient (Wildman–Crippen LogP) is 5.02. The summed E-state index contributed by atoms with van der Waals surface area (Å²) in [5, 5.41) is 11.6. The molecule has 0 unspecified atom stereocenters. The highest BCUT2D eigenvalue weighted by Crippen LogP contribution is 2.22. The van der Waals surface area contributed by atoms with E-state index in [1.165, 1.54) is 29.5 Å². The number of nitrogens with one attached hydrogen (secondary N) is 1. The average Bonchev–Trinajstić information content (AvgIpc) is 3.27. The highest BCUT2D eigenvalue weighted by molar-refractivity contribution is 7.99. The molecule has 4 aromatic rings. The molecule has 1 aromatic heterocycles. The van der Waals surface area contributed by atoms with E-state index in [2.05, 4.69) is 15.5 Å². The third kappa shape index (κ3) is 5.73. The van der Waals surface area contributed by atoms with Gasteiger partial charge in [0.1, 0.15) is 24.5 Å². The smallest absolute Gasteiger partial charge is 0.234 e. The third-order valence-electron chi connectivity index (χ3n) is 4.60. The lowest BCUT2D eigenvalue weighted by molar-refractivity contribution is -0.113. The zero-order valence-corrected chi connectivity index (χ0v) is 18.2. The summed E-state index contributed by atoms with van der Waals surface area (Å²) in [7, 11) is 0. The van der Waals surface area contributed by atoms with Gasteiger partial charge in [0.2, 0.25) is 5.91 Å². The number of hydrogen-bond donors (Lipinski definition) is 1. The van der Waals surface area contributed by atoms with Crippen LogP contribution in [0.2, 0.25) is 0 Å². The standard InChI is InChI=1S/C24H21FN4O2S/c1-17-5-11-21(12-6-17)29-16-26-28-24(29)32-15-23(30)27-20-3-2-4-22(13-20)31-14-18-7-9-19(25)10-8-18/h2-13,16H,14-15H2,1H3,(H,27,30). The lowest BCUT2D eigenvalue weighted by atomic mass is 10.2. The number of benzene rings is 3. The molecule has 0 bridgehead atoms. The zero-order valence-electron chi connectivity index (χ0n) is 17.4. The minimum atomic E-state index is -0.284. The molecule has 1 amide bonds. The van der Waals surface area contributed by atoms with Crippen LogP contribution < -0.4 is 10.1 Å². The first-order valence-electron chi connectivity index (χ1n) is 9.94. The van der Waals surface area contributed by atoms with Crippen LogP contribution in [0.5, 0.6) is 5.75 Å². The number of nitrogens with zero attached hydrogens (tertiary/aromatic N) is 3. The average molecular weight is 449 g/mol. The van der Waals surface area contributed by atoms with Crippen molar-refractivity contribution in [3.8, 4) is 11.4 Å². The lowest BCUT2D eigenvalue weighted by Gasteiger charge is -2.10. The molecule has 162 valence electrons. The minimum absolute atomic E-state index is 0.163. The number of thioether (sulfide) groups is 1. The summed E-state index contributed by atoms with van der Waals surface area (Å²) in [6.45, 7) is 2.33. The van der Waals surface area contributed by atoms with Gasteiger partial charge >= 0.3 is 0 Å². The molecule has 0 aliphatic rings. The zero-order chi connectivity index (χ0) is 22.3. The SMILES string of the molecule is Cc1ccc(-n2cnnc2SCC(=O)Nc2cccc(OCc3ccc(F)cc3)c2)cc1. The summed E-state index contributed by atoms with van der Waals surface area (Å²) in [5.41, 5.74) is 3.59. The minimum Gasteiger partial charge on any atom is -0.489 e. The van der Waals surface area contributed by atoms with Crippen molar-refractivity contribution in [1.82, 2.24) is 14.8 Å². The van der Waals surface area contributed by atoms with Gasteiger partial charge in [-0.3, -0.25) is 9.36 Å². The first-order chi connectivity index (χ1) is 15.6. The second-order valence-electron chi connectivity index (χ2n) is 7.10. The topological polar surface area (TPSA) is 69.0 Å². The lowest BCUT2D eigenvalue weighted by Crippen LogP contribution is -2.14. The molecule has 0 atom stereocenters. The first kappa shape index (κ1) is 21.6. The monoisotopic (exact) mass is 448 g/mol. The van der Waals surface area contributed by atoms with Gasteiger partial charge in [-0.1, -0.05) is 47.7 Å². The Bertz CT molecular complexity index is 1190. The maximum Gasteiger partial charge on any atom is 0.234 e. The molecule has 0 fully saturated rings. The van der Waals surface area contributed by atoms with Gasteiger partial charge in [-0.15, -0.1) is 10.2 Å². The van der Waals surface area contributed by atoms with Crippen LogP contribution >= 0.6 is 11.8 Å². The van der Waals surface area contributed by atoms with Crippen LogP contribution in [0.25, 0.3) is 5.69 Å². The summed E-state index contributed by atoms with van der Waals surface area (Å²) >= 11 is 1.31. The fraction of sp³-hybridized carbons (Fsp3) is 0.125. The van der Waals surface area contributed by atoms with Gasteiger partial charge in [0.15, 0.2) is 5.16 Å². The van der Waals surface area contributed by atoms with Crippen LogP contribution in [-0.2, 0) is 11.4 Å². The summed E-state index contributed by atoms with van der Waals surface area (Å²) in [6, 6.07) is 21.3. The number of rotatable bonds is 8. The van der Waals surface area contributed by atoms with Crippen LogP contribution in [0.1, 0.15) is 11.1 Å². The van der Waals surface area contributed by atoms with Crippen molar-refractivity contribution in [2.45, 2.75) is 18.7 Å². The third-order valence-corrected chi connectivity index (χ3v) is 5.54. The van der Waals surface area contributed by atoms with Crippen molar-refractivity contribution < 1.29 is 13.9 Å². The van der Waals surface area contributed by atoms with Gasteiger partial charge in [-0.25, -0.2) is 4.39 Å². The first-order valence-corrected chi connectivity index (χ1v) is 10.9. The van der Waals surface area contributed by atoms with Gasteiger partial charge in [-0.2, -0.15) is 0 Å². The molecule has 1 N–H and O–H groups in total. The van der Waals surface area contributed by atoms with E-state index < -0.39 is 0 Å². The number of halogens is 1. The van der Waals surface area contributed by atoms with Crippen molar-refractivity contribution in [3.05, 3.63) is 96.1 Å². The number of aryl methyl sites for hydroxylation is 1. The summed E-state index contributed by atoms with van der Waals surface area (Å²) < 4.78 is 20.6. The maximum absolute atomic E-state index is 13.0. The van der Waals surface area contributed by atoms with E-state index in [0.717, 1.165) is 11.3 Å². The van der Waals surface area contributed by atoms with Crippen LogP contribution in [0.15, 0.2) is 84.3 Å². The van der Waals surface area contributed by atoms with E-state index in [0.29, 0.717) is 23.2 Å². The summed E-state index contributed by atoms with van der Waals surface area (Å²) in [5.74, 6) is 0.349. The second-order valence-corrected chi connectivity index (χ2v) is 8.04. The largest absolute Gasteiger partial charge is 0.489 e. The number of carbonyl (C=O) groups excluding carboxylic acids is 1. The van der Waals surface area contributed by atoms with Gasteiger partial charge in [0, 0.05) is 17.4 Å². The molecule has 0 saturated heterocycles. The van der Waals surface area contributed by atoms with E-state index in [9.17, 15) is 9.18 Å². The molecule has 32 heavy (non-hydrogen) atoms. The Morgan fingerprint density at radius 1 is 1.09 bits per heavy atom.